The maximum Gasteiger partial charge on any atom is 0.244 e. The van der Waals surface area contributed by atoms with Crippen LogP contribution >= 0.6 is 0 Å². The third-order valence-corrected chi connectivity index (χ3v) is 5.60. The van der Waals surface area contributed by atoms with Crippen LogP contribution in [-0.4, -0.2) is 16.4 Å². The number of fused-ring (bicyclic) bond motifs is 3. The molecule has 0 spiro atoms. The molecule has 0 radical (unpaired) electrons. The van der Waals surface area contributed by atoms with E-state index in [1.165, 1.54) is 0 Å². The highest BCUT2D eigenvalue weighted by molar-refractivity contribution is 5.23. The average molecular weight is 266 g/mol. The number of hydrogen-bond donors (Lipinski definition) is 0. The van der Waals surface area contributed by atoms with E-state index in [9.17, 15) is 8.78 Å². The number of alkyl halides is 2. The van der Waals surface area contributed by atoms with Gasteiger partial charge >= 0.3 is 0 Å². The van der Waals surface area contributed by atoms with Crippen molar-refractivity contribution >= 4 is 0 Å². The highest BCUT2D eigenvalue weighted by Crippen LogP contribution is 2.62. The van der Waals surface area contributed by atoms with Crippen molar-refractivity contribution in [2.45, 2.75) is 57.8 Å². The number of aromatic nitrogens is 2. The Hall–Kier alpha value is -1.06. The van der Waals surface area contributed by atoms with Crippen molar-refractivity contribution in [1.29, 1.82) is 0 Å². The second-order valence-electron chi connectivity index (χ2n) is 6.46. The van der Waals surface area contributed by atoms with E-state index in [1.54, 1.807) is 6.33 Å². The summed E-state index contributed by atoms with van der Waals surface area (Å²) in [4.78, 5) is 8.58. The molecule has 19 heavy (non-hydrogen) atoms. The van der Waals surface area contributed by atoms with Gasteiger partial charge < -0.3 is 0 Å². The van der Waals surface area contributed by atoms with E-state index in [0.29, 0.717) is 12.8 Å². The van der Waals surface area contributed by atoms with Crippen LogP contribution < -0.4 is 0 Å². The lowest BCUT2D eigenvalue weighted by Crippen LogP contribution is -2.52. The Labute approximate surface area is 112 Å². The van der Waals surface area contributed by atoms with Gasteiger partial charge in [-0.05, 0) is 51.0 Å². The summed E-state index contributed by atoms with van der Waals surface area (Å²) in [5.41, 5.74) is 1.31. The van der Waals surface area contributed by atoms with E-state index in [2.05, 4.69) is 9.97 Å². The van der Waals surface area contributed by atoms with Crippen LogP contribution in [0.3, 0.4) is 0 Å². The molecule has 1 aromatic heterocycles. The maximum absolute atomic E-state index is 13.4. The Morgan fingerprint density at radius 2 is 1.89 bits per heavy atom. The molecule has 1 heterocycles. The van der Waals surface area contributed by atoms with E-state index < -0.39 is 11.8 Å². The van der Waals surface area contributed by atoms with Crippen LogP contribution in [0.1, 0.15) is 50.4 Å². The highest BCUT2D eigenvalue weighted by Gasteiger charge is 2.57. The molecule has 0 N–H and O–H groups in total. The first-order chi connectivity index (χ1) is 8.98. The summed E-state index contributed by atoms with van der Waals surface area (Å²) in [6.45, 7) is 3.95. The normalized spacial score (nSPS) is 37.8. The lowest BCUT2D eigenvalue weighted by molar-refractivity contribution is -0.122. The van der Waals surface area contributed by atoms with Crippen molar-refractivity contribution in [2.24, 2.45) is 11.3 Å². The van der Waals surface area contributed by atoms with Crippen molar-refractivity contribution in [3.8, 4) is 0 Å². The van der Waals surface area contributed by atoms with Gasteiger partial charge in [0.25, 0.3) is 0 Å². The van der Waals surface area contributed by atoms with E-state index >= 15 is 0 Å². The topological polar surface area (TPSA) is 25.8 Å². The molecule has 0 saturated heterocycles. The maximum atomic E-state index is 13.4. The van der Waals surface area contributed by atoms with Gasteiger partial charge in [-0.25, -0.2) is 18.7 Å². The molecular formula is C15H20F2N2. The third-order valence-electron chi connectivity index (χ3n) is 5.60. The van der Waals surface area contributed by atoms with Crippen molar-refractivity contribution in [1.82, 2.24) is 9.97 Å². The number of halogens is 2. The predicted octanol–water partition coefficient (Wildman–Crippen LogP) is 3.89. The molecule has 4 heteroatoms. The Balaban J connectivity index is 1.94. The fraction of sp³-hybridized carbons (Fsp3) is 0.733. The molecule has 4 rings (SSSR count). The van der Waals surface area contributed by atoms with Crippen LogP contribution in [-0.2, 0) is 5.41 Å². The quantitative estimate of drug-likeness (QED) is 0.811. The van der Waals surface area contributed by atoms with Gasteiger partial charge in [0.2, 0.25) is 6.43 Å². The van der Waals surface area contributed by atoms with Gasteiger partial charge in [0.15, 0.2) is 0 Å². The molecule has 0 aromatic carbocycles. The lowest BCUT2D eigenvalue weighted by Gasteiger charge is -2.56. The van der Waals surface area contributed by atoms with Gasteiger partial charge in [0, 0.05) is 16.5 Å². The molecule has 1 atom stereocenters. The van der Waals surface area contributed by atoms with Crippen LogP contribution in [0.4, 0.5) is 8.78 Å². The number of aryl methyl sites for hydroxylation is 1. The molecule has 3 saturated carbocycles. The van der Waals surface area contributed by atoms with Crippen molar-refractivity contribution in [2.75, 3.05) is 0 Å². The van der Waals surface area contributed by atoms with Crippen LogP contribution in [0, 0.1) is 18.3 Å². The summed E-state index contributed by atoms with van der Waals surface area (Å²) in [5.74, 6) is 0.0743. The summed E-state index contributed by atoms with van der Waals surface area (Å²) in [7, 11) is 0. The van der Waals surface area contributed by atoms with Gasteiger partial charge in [0.1, 0.15) is 6.33 Å². The minimum atomic E-state index is -2.19. The second kappa shape index (κ2) is 4.22. The molecule has 3 aliphatic rings. The fourth-order valence-electron chi connectivity index (χ4n) is 4.22. The Morgan fingerprint density at radius 1 is 1.21 bits per heavy atom. The molecule has 104 valence electrons. The monoisotopic (exact) mass is 266 g/mol. The molecule has 0 aliphatic heterocycles. The van der Waals surface area contributed by atoms with E-state index in [1.807, 2.05) is 19.9 Å². The molecule has 2 bridgehead atoms. The Morgan fingerprint density at radius 3 is 2.42 bits per heavy atom. The van der Waals surface area contributed by atoms with Crippen molar-refractivity contribution in [3.63, 3.8) is 0 Å². The predicted molar refractivity (Wildman–Crippen MR) is 69.1 cm³/mol. The number of nitrogens with zero attached hydrogens (tertiary/aromatic N) is 2. The van der Waals surface area contributed by atoms with Gasteiger partial charge in [0.05, 0.1) is 5.69 Å². The lowest BCUT2D eigenvalue weighted by atomic mass is 9.49. The van der Waals surface area contributed by atoms with Gasteiger partial charge in [-0.2, -0.15) is 0 Å². The summed E-state index contributed by atoms with van der Waals surface area (Å²) >= 11 is 0. The minimum Gasteiger partial charge on any atom is -0.242 e. The zero-order chi connectivity index (χ0) is 13.7. The third kappa shape index (κ3) is 1.79. The van der Waals surface area contributed by atoms with Crippen LogP contribution in [0.5, 0.6) is 0 Å². The number of rotatable bonds is 2. The van der Waals surface area contributed by atoms with Crippen molar-refractivity contribution < 1.29 is 8.78 Å². The summed E-state index contributed by atoms with van der Waals surface area (Å²) < 4.78 is 26.8. The van der Waals surface area contributed by atoms with Crippen LogP contribution in [0.25, 0.3) is 0 Å². The van der Waals surface area contributed by atoms with Gasteiger partial charge in [-0.1, -0.05) is 6.92 Å². The first kappa shape index (κ1) is 12.9. The molecule has 0 amide bonds. The molecular weight excluding hydrogens is 246 g/mol. The largest absolute Gasteiger partial charge is 0.244 e. The summed E-state index contributed by atoms with van der Waals surface area (Å²) in [6.07, 6.45) is 3.22. The molecule has 3 fully saturated rings. The zero-order valence-corrected chi connectivity index (χ0v) is 11.5. The van der Waals surface area contributed by atoms with Crippen LogP contribution in [0.15, 0.2) is 12.4 Å². The molecule has 1 unspecified atom stereocenters. The number of hydrogen-bond acceptors (Lipinski definition) is 2. The smallest absolute Gasteiger partial charge is 0.242 e. The second-order valence-corrected chi connectivity index (χ2v) is 6.46. The Bertz CT molecular complexity index is 479. The zero-order valence-electron chi connectivity index (χ0n) is 11.5. The van der Waals surface area contributed by atoms with Gasteiger partial charge in [-0.3, -0.25) is 0 Å². The first-order valence-electron chi connectivity index (χ1n) is 7.06. The van der Waals surface area contributed by atoms with Crippen LogP contribution in [0.2, 0.25) is 0 Å². The highest BCUT2D eigenvalue weighted by atomic mass is 19.3. The van der Waals surface area contributed by atoms with Gasteiger partial charge in [-0.15, -0.1) is 0 Å². The average Bonchev–Trinajstić information content (AvgIpc) is 2.39. The molecule has 1 aromatic rings. The molecule has 2 nitrogen and oxygen atoms in total. The Kier molecular flexibility index (Phi) is 2.88. The van der Waals surface area contributed by atoms with E-state index in [0.717, 1.165) is 30.7 Å². The standard InChI is InChI=1S/C15H20F2N2/c1-10-8-14(12-7-11(2)18-9-19-12)3-5-15(10,6-4-14)13(16)17/h7,9-10,13H,3-6,8H2,1-2H3. The first-order valence-corrected chi connectivity index (χ1v) is 7.06. The summed E-state index contributed by atoms with van der Waals surface area (Å²) in [5, 5.41) is 0. The minimum absolute atomic E-state index is 0.0176. The van der Waals surface area contributed by atoms with E-state index in [4.69, 9.17) is 0 Å². The summed E-state index contributed by atoms with van der Waals surface area (Å²) in [6, 6.07) is 2.04. The van der Waals surface area contributed by atoms with Crippen molar-refractivity contribution in [3.05, 3.63) is 23.8 Å². The fourth-order valence-corrected chi connectivity index (χ4v) is 4.22. The molecule has 3 aliphatic carbocycles. The van der Waals surface area contributed by atoms with E-state index in [-0.39, 0.29) is 11.3 Å². The SMILES string of the molecule is Cc1cc(C23CCC(C(F)F)(CC2)C(C)C3)ncn1.